The first kappa shape index (κ1) is 16.5. The van der Waals surface area contributed by atoms with Crippen molar-refractivity contribution in [3.05, 3.63) is 62.4 Å². The molecule has 1 aromatic carbocycles. The standard InChI is InChI=1S/C14H12ClN3O5/c15-9-1-3-10(4-2-9)16-12(20)8-23-13(21)7-18-6-5-11(19)17-14(18)22/h1-6H,7-8H2,(H,16,20)(H,17,19,22). The summed E-state index contributed by atoms with van der Waals surface area (Å²) in [5, 5.41) is 3.04. The van der Waals surface area contributed by atoms with Crippen molar-refractivity contribution in [3.63, 3.8) is 0 Å². The molecule has 0 spiro atoms. The van der Waals surface area contributed by atoms with Crippen LogP contribution in [0.5, 0.6) is 0 Å². The van der Waals surface area contributed by atoms with Crippen LogP contribution >= 0.6 is 11.6 Å². The average molecular weight is 338 g/mol. The number of aromatic amines is 1. The maximum atomic E-state index is 11.6. The van der Waals surface area contributed by atoms with Gasteiger partial charge in [-0.05, 0) is 24.3 Å². The van der Waals surface area contributed by atoms with Gasteiger partial charge in [0.1, 0.15) is 6.54 Å². The predicted octanol–water partition coefficient (Wildman–Crippen LogP) is 0.372. The number of carbonyl (C=O) groups excluding carboxylic acids is 2. The summed E-state index contributed by atoms with van der Waals surface area (Å²) in [4.78, 5) is 47.5. The fourth-order valence-electron chi connectivity index (χ4n) is 1.63. The highest BCUT2D eigenvalue weighted by Crippen LogP contribution is 2.13. The summed E-state index contributed by atoms with van der Waals surface area (Å²) in [7, 11) is 0. The molecule has 0 saturated heterocycles. The number of nitrogens with zero attached hydrogens (tertiary/aromatic N) is 1. The van der Waals surface area contributed by atoms with Gasteiger partial charge in [-0.1, -0.05) is 11.6 Å². The van der Waals surface area contributed by atoms with E-state index in [4.69, 9.17) is 16.3 Å². The Morgan fingerprint density at radius 2 is 1.87 bits per heavy atom. The number of aromatic nitrogens is 2. The van der Waals surface area contributed by atoms with E-state index in [2.05, 4.69) is 5.32 Å². The highest BCUT2D eigenvalue weighted by molar-refractivity contribution is 6.30. The molecule has 0 aliphatic heterocycles. The Morgan fingerprint density at radius 1 is 1.17 bits per heavy atom. The molecule has 0 aliphatic carbocycles. The van der Waals surface area contributed by atoms with E-state index in [1.807, 2.05) is 4.98 Å². The number of amides is 1. The molecule has 1 amide bonds. The molecule has 0 radical (unpaired) electrons. The molecule has 0 saturated carbocycles. The van der Waals surface area contributed by atoms with Crippen LogP contribution in [0, 0.1) is 0 Å². The highest BCUT2D eigenvalue weighted by Gasteiger charge is 2.09. The van der Waals surface area contributed by atoms with Gasteiger partial charge in [0.15, 0.2) is 6.61 Å². The molecule has 1 aromatic heterocycles. The third-order valence-corrected chi connectivity index (χ3v) is 2.94. The van der Waals surface area contributed by atoms with E-state index >= 15 is 0 Å². The Balaban J connectivity index is 1.84. The first-order valence-corrected chi connectivity index (χ1v) is 6.82. The Kier molecular flexibility index (Phi) is 5.32. The number of carbonyl (C=O) groups is 2. The van der Waals surface area contributed by atoms with Crippen molar-refractivity contribution in [1.29, 1.82) is 0 Å². The van der Waals surface area contributed by atoms with E-state index in [-0.39, 0.29) is 0 Å². The van der Waals surface area contributed by atoms with Gasteiger partial charge in [0.25, 0.3) is 11.5 Å². The van der Waals surface area contributed by atoms with Crippen LogP contribution < -0.4 is 16.6 Å². The summed E-state index contributed by atoms with van der Waals surface area (Å²) in [5.74, 6) is -1.32. The van der Waals surface area contributed by atoms with Gasteiger partial charge in [-0.25, -0.2) is 4.79 Å². The fraction of sp³-hybridized carbons (Fsp3) is 0.143. The number of anilines is 1. The van der Waals surface area contributed by atoms with Crippen LogP contribution in [0.4, 0.5) is 5.69 Å². The summed E-state index contributed by atoms with van der Waals surface area (Å²) >= 11 is 5.72. The lowest BCUT2D eigenvalue weighted by molar-refractivity contribution is -0.148. The van der Waals surface area contributed by atoms with E-state index in [1.54, 1.807) is 24.3 Å². The maximum Gasteiger partial charge on any atom is 0.328 e. The largest absolute Gasteiger partial charge is 0.454 e. The second kappa shape index (κ2) is 7.41. The normalized spacial score (nSPS) is 10.1. The first-order chi connectivity index (χ1) is 10.9. The number of esters is 1. The zero-order chi connectivity index (χ0) is 16.8. The molecule has 0 fully saturated rings. The molecule has 0 aliphatic rings. The van der Waals surface area contributed by atoms with E-state index < -0.39 is 36.3 Å². The number of halogens is 1. The lowest BCUT2D eigenvalue weighted by atomic mass is 10.3. The molecule has 0 atom stereocenters. The molecule has 2 aromatic rings. The molecule has 120 valence electrons. The van der Waals surface area contributed by atoms with E-state index in [0.29, 0.717) is 10.7 Å². The van der Waals surface area contributed by atoms with Gasteiger partial charge in [-0.2, -0.15) is 0 Å². The van der Waals surface area contributed by atoms with Gasteiger partial charge < -0.3 is 10.1 Å². The average Bonchev–Trinajstić information content (AvgIpc) is 2.50. The Morgan fingerprint density at radius 3 is 2.52 bits per heavy atom. The van der Waals surface area contributed by atoms with Crippen molar-refractivity contribution in [2.75, 3.05) is 11.9 Å². The van der Waals surface area contributed by atoms with Gasteiger partial charge in [0.05, 0.1) is 0 Å². The number of nitrogens with one attached hydrogen (secondary N) is 2. The summed E-state index contributed by atoms with van der Waals surface area (Å²) < 4.78 is 5.72. The lowest BCUT2D eigenvalue weighted by Gasteiger charge is -2.07. The number of ether oxygens (including phenoxy) is 1. The van der Waals surface area contributed by atoms with E-state index in [9.17, 15) is 19.2 Å². The van der Waals surface area contributed by atoms with Crippen molar-refractivity contribution < 1.29 is 14.3 Å². The molecular weight excluding hydrogens is 326 g/mol. The zero-order valence-electron chi connectivity index (χ0n) is 11.7. The number of rotatable bonds is 5. The number of H-pyrrole nitrogens is 1. The molecule has 23 heavy (non-hydrogen) atoms. The summed E-state index contributed by atoms with van der Waals surface area (Å²) in [5.41, 5.74) is -0.797. The van der Waals surface area contributed by atoms with E-state index in [1.165, 1.54) is 0 Å². The summed E-state index contributed by atoms with van der Waals surface area (Å²) in [6, 6.07) is 7.50. The van der Waals surface area contributed by atoms with Gasteiger partial charge in [0, 0.05) is 23.0 Å². The lowest BCUT2D eigenvalue weighted by Crippen LogP contribution is -2.32. The highest BCUT2D eigenvalue weighted by atomic mass is 35.5. The van der Waals surface area contributed by atoms with Crippen LogP contribution in [0.2, 0.25) is 5.02 Å². The van der Waals surface area contributed by atoms with Crippen LogP contribution in [0.15, 0.2) is 46.1 Å². The minimum Gasteiger partial charge on any atom is -0.454 e. The molecule has 9 heteroatoms. The van der Waals surface area contributed by atoms with E-state index in [0.717, 1.165) is 16.8 Å². The van der Waals surface area contributed by atoms with Crippen LogP contribution in [0.1, 0.15) is 0 Å². The third kappa shape index (κ3) is 5.11. The number of hydrogen-bond donors (Lipinski definition) is 2. The quantitative estimate of drug-likeness (QED) is 0.766. The molecule has 0 bridgehead atoms. The maximum absolute atomic E-state index is 11.6. The molecular formula is C14H12ClN3O5. The monoisotopic (exact) mass is 337 g/mol. The summed E-state index contributed by atoms with van der Waals surface area (Å²) in [6.07, 6.45) is 1.16. The van der Waals surface area contributed by atoms with Crippen molar-refractivity contribution in [1.82, 2.24) is 9.55 Å². The SMILES string of the molecule is O=C(COC(=O)Cn1ccc(=O)[nH]c1=O)Nc1ccc(Cl)cc1. The van der Waals surface area contributed by atoms with Crippen molar-refractivity contribution >= 4 is 29.2 Å². The predicted molar refractivity (Wildman–Crippen MR) is 82.4 cm³/mol. The summed E-state index contributed by atoms with van der Waals surface area (Å²) in [6.45, 7) is -0.913. The second-order valence-electron chi connectivity index (χ2n) is 4.45. The van der Waals surface area contributed by atoms with Gasteiger partial charge in [0.2, 0.25) is 0 Å². The molecule has 2 rings (SSSR count). The van der Waals surface area contributed by atoms with Crippen molar-refractivity contribution in [2.45, 2.75) is 6.54 Å². The topological polar surface area (TPSA) is 110 Å². The minimum absolute atomic E-state index is 0.413. The molecule has 0 unspecified atom stereocenters. The molecule has 2 N–H and O–H groups in total. The first-order valence-electron chi connectivity index (χ1n) is 6.45. The Labute approximate surface area is 134 Å². The van der Waals surface area contributed by atoms with Crippen LogP contribution in [0.25, 0.3) is 0 Å². The Hall–Kier alpha value is -2.87. The molecule has 8 nitrogen and oxygen atoms in total. The zero-order valence-corrected chi connectivity index (χ0v) is 12.5. The van der Waals surface area contributed by atoms with Crippen molar-refractivity contribution in [2.24, 2.45) is 0 Å². The van der Waals surface area contributed by atoms with Gasteiger partial charge in [-0.15, -0.1) is 0 Å². The van der Waals surface area contributed by atoms with Gasteiger partial charge in [-0.3, -0.25) is 23.9 Å². The smallest absolute Gasteiger partial charge is 0.328 e. The van der Waals surface area contributed by atoms with Crippen LogP contribution in [-0.2, 0) is 20.9 Å². The fourth-order valence-corrected chi connectivity index (χ4v) is 1.76. The van der Waals surface area contributed by atoms with Crippen LogP contribution in [-0.4, -0.2) is 28.0 Å². The van der Waals surface area contributed by atoms with Crippen LogP contribution in [0.3, 0.4) is 0 Å². The van der Waals surface area contributed by atoms with Crippen molar-refractivity contribution in [3.8, 4) is 0 Å². The number of benzene rings is 1. The third-order valence-electron chi connectivity index (χ3n) is 2.69. The second-order valence-corrected chi connectivity index (χ2v) is 4.89. The van der Waals surface area contributed by atoms with Gasteiger partial charge >= 0.3 is 11.7 Å². The minimum atomic E-state index is -0.787. The molecule has 1 heterocycles. The Bertz CT molecular complexity index is 825. The number of hydrogen-bond acceptors (Lipinski definition) is 5.